The normalized spacial score (nSPS) is 23.5. The number of imide groups is 1. The number of aliphatic hydroxyl groups excluding tert-OH is 2. The van der Waals surface area contributed by atoms with E-state index in [2.05, 4.69) is 45.5 Å². The number of benzene rings is 3. The third kappa shape index (κ3) is 7.63. The van der Waals surface area contributed by atoms with Crippen molar-refractivity contribution in [3.8, 4) is 0 Å². The van der Waals surface area contributed by atoms with E-state index in [4.69, 9.17) is 20.1 Å². The molecule has 8 N–H and O–H groups in total. The number of anilines is 3. The number of hydrogen-bond acceptors (Lipinski definition) is 12. The average molecular weight is 810 g/mol. The number of nitrogens with one attached hydrogen (secondary N) is 4. The Bertz CT molecular complexity index is 2400. The van der Waals surface area contributed by atoms with Gasteiger partial charge in [0, 0.05) is 37.3 Å². The zero-order chi connectivity index (χ0) is 40.7. The van der Waals surface area contributed by atoms with Gasteiger partial charge in [-0.05, 0) is 55.2 Å². The molecule has 3 aliphatic rings. The maximum absolute atomic E-state index is 13.0. The summed E-state index contributed by atoms with van der Waals surface area (Å²) < 4.78 is 24.9. The molecular formula is C39H43N11O7S. The van der Waals surface area contributed by atoms with Crippen molar-refractivity contribution in [3.05, 3.63) is 102 Å². The number of amides is 5. The molecule has 6 atom stereocenters. The maximum Gasteiger partial charge on any atom is 0.325 e. The lowest BCUT2D eigenvalue weighted by atomic mass is 9.91. The standard InChI is InChI=1S/C39H43N11O7S/c1-22-36(53)50(39(55)43-22)30-18-29(32(51)33(30)52)49-21-42-31-34(41-19-28(23-8-4-2-5-9-23)24-10-6-3-7-11-24)46-37(47-35(31)49)48-17-16-26(20-48)45-38(54)44-25-12-14-27(15-13-25)58(40,56)57/h2-15,21-22,26,28-30,32-33,51-52H,16-20H2,1H3,(H,43,55)(H2,40,56,57)(H,41,46,47)(H2,44,45,54)/t22-,26+,29?,30-,32-,33+/m0/s1. The number of aliphatic hydroxyl groups is 2. The Labute approximate surface area is 333 Å². The third-order valence-electron chi connectivity index (χ3n) is 11.0. The highest BCUT2D eigenvalue weighted by Gasteiger charge is 2.51. The van der Waals surface area contributed by atoms with Crippen LogP contribution >= 0.6 is 0 Å². The van der Waals surface area contributed by atoms with E-state index in [-0.39, 0.29) is 23.3 Å². The first-order valence-corrected chi connectivity index (χ1v) is 20.4. The minimum atomic E-state index is -3.88. The first kappa shape index (κ1) is 38.7. The smallest absolute Gasteiger partial charge is 0.325 e. The molecule has 8 rings (SSSR count). The molecule has 4 heterocycles. The van der Waals surface area contributed by atoms with Crippen molar-refractivity contribution in [3.63, 3.8) is 0 Å². The van der Waals surface area contributed by atoms with Crippen LogP contribution in [0.1, 0.15) is 42.9 Å². The van der Waals surface area contributed by atoms with Crippen LogP contribution in [-0.2, 0) is 14.8 Å². The molecule has 0 radical (unpaired) electrons. The fourth-order valence-corrected chi connectivity index (χ4v) is 8.52. The lowest BCUT2D eigenvalue weighted by molar-refractivity contribution is -0.130. The van der Waals surface area contributed by atoms with Crippen LogP contribution in [0.25, 0.3) is 11.2 Å². The van der Waals surface area contributed by atoms with E-state index < -0.39 is 58.3 Å². The summed E-state index contributed by atoms with van der Waals surface area (Å²) in [5.41, 5.74) is 3.34. The van der Waals surface area contributed by atoms with E-state index in [0.717, 1.165) is 16.0 Å². The van der Waals surface area contributed by atoms with E-state index in [1.54, 1.807) is 11.5 Å². The Hall–Kier alpha value is -6.15. The van der Waals surface area contributed by atoms with Gasteiger partial charge in [0.25, 0.3) is 5.91 Å². The van der Waals surface area contributed by atoms with Gasteiger partial charge in [-0.15, -0.1) is 0 Å². The monoisotopic (exact) mass is 809 g/mol. The Kier molecular flexibility index (Phi) is 10.4. The number of hydrogen-bond donors (Lipinski definition) is 7. The second-order valence-corrected chi connectivity index (χ2v) is 16.3. The highest BCUT2D eigenvalue weighted by Crippen LogP contribution is 2.38. The van der Waals surface area contributed by atoms with Gasteiger partial charge < -0.3 is 40.9 Å². The fraction of sp³-hybridized carbons (Fsp3) is 0.333. The van der Waals surface area contributed by atoms with Crippen LogP contribution in [0.2, 0.25) is 0 Å². The maximum atomic E-state index is 13.0. The highest BCUT2D eigenvalue weighted by molar-refractivity contribution is 7.89. The molecule has 18 nitrogen and oxygen atoms in total. The molecule has 1 saturated carbocycles. The van der Waals surface area contributed by atoms with Gasteiger partial charge >= 0.3 is 12.1 Å². The second-order valence-electron chi connectivity index (χ2n) is 14.8. The van der Waals surface area contributed by atoms with Crippen molar-refractivity contribution in [2.75, 3.05) is 35.2 Å². The predicted molar refractivity (Wildman–Crippen MR) is 213 cm³/mol. The van der Waals surface area contributed by atoms with E-state index in [1.165, 1.54) is 30.6 Å². The summed E-state index contributed by atoms with van der Waals surface area (Å²) in [7, 11) is -3.88. The van der Waals surface area contributed by atoms with Crippen molar-refractivity contribution in [1.82, 2.24) is 35.1 Å². The Balaban J connectivity index is 1.08. The number of carbonyl (C=O) groups excluding carboxylic acids is 3. The van der Waals surface area contributed by atoms with Gasteiger partial charge in [0.15, 0.2) is 17.0 Å². The molecule has 5 amide bonds. The summed E-state index contributed by atoms with van der Waals surface area (Å²) in [5, 5.41) is 39.5. The van der Waals surface area contributed by atoms with Crippen molar-refractivity contribution < 1.29 is 33.0 Å². The molecule has 5 aromatic rings. The number of rotatable bonds is 11. The van der Waals surface area contributed by atoms with Crippen LogP contribution in [0.5, 0.6) is 0 Å². The molecule has 19 heteroatoms. The number of carbonyl (C=O) groups is 3. The van der Waals surface area contributed by atoms with Crippen LogP contribution in [0, 0.1) is 0 Å². The predicted octanol–water partition coefficient (Wildman–Crippen LogP) is 2.09. The van der Waals surface area contributed by atoms with E-state index in [0.29, 0.717) is 54.7 Å². The molecule has 1 unspecified atom stereocenters. The lowest BCUT2D eigenvalue weighted by Crippen LogP contribution is -2.47. The summed E-state index contributed by atoms with van der Waals surface area (Å²) in [6.07, 6.45) is -0.635. The van der Waals surface area contributed by atoms with Gasteiger partial charge in [0.2, 0.25) is 16.0 Å². The molecule has 3 fully saturated rings. The Morgan fingerprint density at radius 1 is 0.948 bits per heavy atom. The topological polar surface area (TPSA) is 250 Å². The number of urea groups is 2. The number of aromatic nitrogens is 4. The largest absolute Gasteiger partial charge is 0.388 e. The van der Waals surface area contributed by atoms with Crippen molar-refractivity contribution in [2.45, 2.75) is 67.0 Å². The minimum absolute atomic E-state index is 0.0570. The van der Waals surface area contributed by atoms with Gasteiger partial charge in [-0.3, -0.25) is 9.69 Å². The number of sulfonamides is 1. The Morgan fingerprint density at radius 3 is 2.22 bits per heavy atom. The summed E-state index contributed by atoms with van der Waals surface area (Å²) in [6.45, 7) is 2.84. The van der Waals surface area contributed by atoms with Gasteiger partial charge in [0.05, 0.1) is 23.3 Å². The first-order valence-electron chi connectivity index (χ1n) is 18.9. The van der Waals surface area contributed by atoms with Crippen LogP contribution in [0.15, 0.2) is 96.2 Å². The summed E-state index contributed by atoms with van der Waals surface area (Å²) in [5.74, 6) is 0.223. The van der Waals surface area contributed by atoms with Crippen LogP contribution < -0.4 is 31.3 Å². The number of imidazole rings is 1. The fourth-order valence-electron chi connectivity index (χ4n) is 8.01. The molecule has 302 valence electrons. The van der Waals surface area contributed by atoms with Gasteiger partial charge in [-0.25, -0.2) is 28.1 Å². The highest BCUT2D eigenvalue weighted by atomic mass is 32.2. The number of nitrogens with zero attached hydrogens (tertiary/aromatic N) is 6. The molecule has 2 saturated heterocycles. The Morgan fingerprint density at radius 2 is 1.60 bits per heavy atom. The lowest BCUT2D eigenvalue weighted by Gasteiger charge is -2.24. The molecule has 0 bridgehead atoms. The van der Waals surface area contributed by atoms with Gasteiger partial charge in [-0.2, -0.15) is 9.97 Å². The molecule has 2 aliphatic heterocycles. The summed E-state index contributed by atoms with van der Waals surface area (Å²) in [4.78, 5) is 56.0. The summed E-state index contributed by atoms with van der Waals surface area (Å²) >= 11 is 0. The quantitative estimate of drug-likeness (QED) is 0.0949. The van der Waals surface area contributed by atoms with Gasteiger partial charge in [-0.1, -0.05) is 60.7 Å². The van der Waals surface area contributed by atoms with E-state index in [1.807, 2.05) is 41.3 Å². The number of fused-ring (bicyclic) bond motifs is 1. The summed E-state index contributed by atoms with van der Waals surface area (Å²) in [6, 6.07) is 21.7. The molecule has 58 heavy (non-hydrogen) atoms. The zero-order valence-electron chi connectivity index (χ0n) is 31.3. The molecule has 2 aromatic heterocycles. The van der Waals surface area contributed by atoms with Crippen LogP contribution in [0.3, 0.4) is 0 Å². The van der Waals surface area contributed by atoms with Crippen LogP contribution in [-0.4, -0.2) is 111 Å². The van der Waals surface area contributed by atoms with Crippen molar-refractivity contribution in [1.29, 1.82) is 0 Å². The average Bonchev–Trinajstić information content (AvgIpc) is 3.98. The number of nitrogens with two attached hydrogens (primary N) is 1. The molecular weight excluding hydrogens is 767 g/mol. The SMILES string of the molecule is C[C@@H]1NC(=O)N([C@H]2CC(n3cnc4c(NCC(c5ccccc5)c5ccccc5)nc(N5CC[C@@H](NC(=O)Nc6ccc(S(N)(=O)=O)cc6)C5)nc43)[C@H](O)[C@@H]2O)C1=O. The molecule has 1 aliphatic carbocycles. The second kappa shape index (κ2) is 15.7. The number of primary sulfonamides is 1. The molecule has 0 spiro atoms. The van der Waals surface area contributed by atoms with E-state index in [9.17, 15) is 33.0 Å². The molecule has 3 aromatic carbocycles. The van der Waals surface area contributed by atoms with Crippen molar-refractivity contribution >= 4 is 56.6 Å². The van der Waals surface area contributed by atoms with E-state index >= 15 is 0 Å². The van der Waals surface area contributed by atoms with Crippen molar-refractivity contribution in [2.24, 2.45) is 5.14 Å². The first-order chi connectivity index (χ1) is 27.9. The third-order valence-corrected chi connectivity index (χ3v) is 11.9. The van der Waals surface area contributed by atoms with Crippen LogP contribution in [0.4, 0.5) is 27.0 Å². The zero-order valence-corrected chi connectivity index (χ0v) is 32.2. The minimum Gasteiger partial charge on any atom is -0.388 e. The van der Waals surface area contributed by atoms with Gasteiger partial charge in [0.1, 0.15) is 18.2 Å².